The van der Waals surface area contributed by atoms with Crippen LogP contribution in [0.5, 0.6) is 11.5 Å². The van der Waals surface area contributed by atoms with Crippen molar-refractivity contribution in [3.05, 3.63) is 97.1 Å². The highest BCUT2D eigenvalue weighted by atomic mass is 16.5. The smallest absolute Gasteiger partial charge is 0.258 e. The van der Waals surface area contributed by atoms with E-state index in [0.717, 1.165) is 27.6 Å². The summed E-state index contributed by atoms with van der Waals surface area (Å²) in [6, 6.07) is 31.9. The predicted molar refractivity (Wildman–Crippen MR) is 120 cm³/mol. The first-order chi connectivity index (χ1) is 14.8. The molecule has 0 atom stereocenters. The van der Waals surface area contributed by atoms with Crippen molar-refractivity contribution in [2.24, 2.45) is 0 Å². The number of nitrogens with one attached hydrogen (secondary N) is 1. The summed E-state index contributed by atoms with van der Waals surface area (Å²) in [4.78, 5) is 12.0. The molecule has 0 fully saturated rings. The van der Waals surface area contributed by atoms with Crippen molar-refractivity contribution in [1.29, 1.82) is 0 Å². The Hall–Kier alpha value is -3.79. The molecule has 30 heavy (non-hydrogen) atoms. The normalized spacial score (nSPS) is 10.5. The van der Waals surface area contributed by atoms with Gasteiger partial charge in [0.15, 0.2) is 6.61 Å². The van der Waals surface area contributed by atoms with Crippen molar-refractivity contribution in [2.75, 3.05) is 19.8 Å². The Bertz CT molecular complexity index is 1100. The fourth-order valence-corrected chi connectivity index (χ4v) is 3.25. The van der Waals surface area contributed by atoms with Crippen LogP contribution in [-0.2, 0) is 4.79 Å². The average molecular weight is 397 g/mol. The second-order valence-corrected chi connectivity index (χ2v) is 6.85. The zero-order valence-electron chi connectivity index (χ0n) is 16.6. The highest BCUT2D eigenvalue weighted by Crippen LogP contribution is 2.25. The van der Waals surface area contributed by atoms with Gasteiger partial charge in [-0.05, 0) is 34.7 Å². The molecule has 1 N–H and O–H groups in total. The molecule has 0 spiro atoms. The van der Waals surface area contributed by atoms with Gasteiger partial charge in [0.2, 0.25) is 0 Å². The summed E-state index contributed by atoms with van der Waals surface area (Å²) in [5, 5.41) is 5.01. The maximum atomic E-state index is 12.0. The molecule has 0 aromatic heterocycles. The maximum Gasteiger partial charge on any atom is 0.258 e. The standard InChI is InChI=1S/C26H23NO3/c28-26(19-30-23-15-13-21(14-16-23)20-7-2-1-3-8-20)27-17-18-29-25-12-6-10-22-9-4-5-11-24(22)25/h1-16H,17-19H2,(H,27,28). The van der Waals surface area contributed by atoms with Crippen LogP contribution in [0, 0.1) is 0 Å². The van der Waals surface area contributed by atoms with E-state index < -0.39 is 0 Å². The fraction of sp³-hybridized carbons (Fsp3) is 0.115. The fourth-order valence-electron chi connectivity index (χ4n) is 3.25. The molecule has 0 aliphatic rings. The highest BCUT2D eigenvalue weighted by molar-refractivity contribution is 5.88. The van der Waals surface area contributed by atoms with Crippen molar-refractivity contribution in [3.8, 4) is 22.6 Å². The number of carbonyl (C=O) groups is 1. The number of hydrogen-bond donors (Lipinski definition) is 1. The van der Waals surface area contributed by atoms with Gasteiger partial charge in [0.05, 0.1) is 6.54 Å². The SMILES string of the molecule is O=C(COc1ccc(-c2ccccc2)cc1)NCCOc1cccc2ccccc12. The first kappa shape index (κ1) is 19.5. The van der Waals surface area contributed by atoms with Crippen molar-refractivity contribution in [3.63, 3.8) is 0 Å². The molecule has 0 saturated carbocycles. The highest BCUT2D eigenvalue weighted by Gasteiger charge is 2.05. The first-order valence-corrected chi connectivity index (χ1v) is 9.95. The molecule has 150 valence electrons. The van der Waals surface area contributed by atoms with Crippen LogP contribution in [0.1, 0.15) is 0 Å². The van der Waals surface area contributed by atoms with Crippen LogP contribution in [0.4, 0.5) is 0 Å². The van der Waals surface area contributed by atoms with Gasteiger partial charge in [0, 0.05) is 5.39 Å². The molecular weight excluding hydrogens is 374 g/mol. The van der Waals surface area contributed by atoms with Gasteiger partial charge in [-0.25, -0.2) is 0 Å². The third-order valence-electron chi connectivity index (χ3n) is 4.76. The summed E-state index contributed by atoms with van der Waals surface area (Å²) in [6.45, 7) is 0.781. The van der Waals surface area contributed by atoms with Crippen molar-refractivity contribution >= 4 is 16.7 Å². The lowest BCUT2D eigenvalue weighted by molar-refractivity contribution is -0.123. The predicted octanol–water partition coefficient (Wildman–Crippen LogP) is 5.08. The van der Waals surface area contributed by atoms with E-state index in [-0.39, 0.29) is 12.5 Å². The quantitative estimate of drug-likeness (QED) is 0.422. The van der Waals surface area contributed by atoms with E-state index in [0.29, 0.717) is 18.9 Å². The third-order valence-corrected chi connectivity index (χ3v) is 4.76. The molecule has 0 radical (unpaired) electrons. The van der Waals surface area contributed by atoms with Crippen molar-refractivity contribution in [2.45, 2.75) is 0 Å². The molecule has 4 heteroatoms. The zero-order valence-corrected chi connectivity index (χ0v) is 16.6. The molecule has 0 aliphatic heterocycles. The number of amides is 1. The Morgan fingerprint density at radius 3 is 2.23 bits per heavy atom. The van der Waals surface area contributed by atoms with Crippen molar-refractivity contribution in [1.82, 2.24) is 5.32 Å². The Balaban J connectivity index is 1.21. The Labute approximate surface area is 176 Å². The van der Waals surface area contributed by atoms with E-state index >= 15 is 0 Å². The Morgan fingerprint density at radius 1 is 0.700 bits per heavy atom. The van der Waals surface area contributed by atoms with E-state index in [1.165, 1.54) is 0 Å². The van der Waals surface area contributed by atoms with E-state index in [9.17, 15) is 4.79 Å². The Morgan fingerprint density at radius 2 is 1.40 bits per heavy atom. The molecule has 1 amide bonds. The van der Waals surface area contributed by atoms with Crippen LogP contribution in [-0.4, -0.2) is 25.7 Å². The van der Waals surface area contributed by atoms with Crippen LogP contribution in [0.15, 0.2) is 97.1 Å². The topological polar surface area (TPSA) is 47.6 Å². The summed E-state index contributed by atoms with van der Waals surface area (Å²) in [7, 11) is 0. The number of fused-ring (bicyclic) bond motifs is 1. The average Bonchev–Trinajstić information content (AvgIpc) is 2.81. The van der Waals surface area contributed by atoms with E-state index in [2.05, 4.69) is 17.4 Å². The second-order valence-electron chi connectivity index (χ2n) is 6.85. The van der Waals surface area contributed by atoms with Gasteiger partial charge in [-0.2, -0.15) is 0 Å². The van der Waals surface area contributed by atoms with Gasteiger partial charge < -0.3 is 14.8 Å². The minimum Gasteiger partial charge on any atom is -0.491 e. The summed E-state index contributed by atoms with van der Waals surface area (Å²) >= 11 is 0. The third kappa shape index (κ3) is 4.97. The van der Waals surface area contributed by atoms with Gasteiger partial charge in [-0.1, -0.05) is 78.9 Å². The Kier molecular flexibility index (Phi) is 6.25. The molecule has 0 unspecified atom stereocenters. The van der Waals surface area contributed by atoms with Gasteiger partial charge in [0.25, 0.3) is 5.91 Å². The van der Waals surface area contributed by atoms with Crippen LogP contribution < -0.4 is 14.8 Å². The number of rotatable bonds is 8. The summed E-state index contributed by atoms with van der Waals surface area (Å²) in [5.74, 6) is 1.30. The van der Waals surface area contributed by atoms with Crippen LogP contribution in [0.25, 0.3) is 21.9 Å². The molecule has 0 bridgehead atoms. The van der Waals surface area contributed by atoms with Crippen LogP contribution >= 0.6 is 0 Å². The molecule has 4 rings (SSSR count). The molecule has 4 nitrogen and oxygen atoms in total. The van der Waals surface area contributed by atoms with Crippen LogP contribution in [0.2, 0.25) is 0 Å². The monoisotopic (exact) mass is 397 g/mol. The minimum atomic E-state index is -0.177. The van der Waals surface area contributed by atoms with Gasteiger partial charge in [-0.15, -0.1) is 0 Å². The number of hydrogen-bond acceptors (Lipinski definition) is 3. The molecule has 0 saturated heterocycles. The molecule has 4 aromatic rings. The lowest BCUT2D eigenvalue weighted by Crippen LogP contribution is -2.32. The van der Waals surface area contributed by atoms with Gasteiger partial charge in [-0.3, -0.25) is 4.79 Å². The van der Waals surface area contributed by atoms with Crippen molar-refractivity contribution < 1.29 is 14.3 Å². The summed E-state index contributed by atoms with van der Waals surface area (Å²) in [6.07, 6.45) is 0. The van der Waals surface area contributed by atoms with Gasteiger partial charge in [0.1, 0.15) is 18.1 Å². The van der Waals surface area contributed by atoms with E-state index in [1.807, 2.05) is 84.9 Å². The largest absolute Gasteiger partial charge is 0.491 e. The summed E-state index contributed by atoms with van der Waals surface area (Å²) in [5.41, 5.74) is 2.26. The minimum absolute atomic E-state index is 0.0288. The van der Waals surface area contributed by atoms with Gasteiger partial charge >= 0.3 is 0 Å². The second kappa shape index (κ2) is 9.61. The molecule has 0 heterocycles. The molecule has 0 aliphatic carbocycles. The number of carbonyl (C=O) groups excluding carboxylic acids is 1. The lowest BCUT2D eigenvalue weighted by atomic mass is 10.1. The van der Waals surface area contributed by atoms with E-state index in [4.69, 9.17) is 9.47 Å². The summed E-state index contributed by atoms with van der Waals surface area (Å²) < 4.78 is 11.4. The number of ether oxygens (including phenoxy) is 2. The molecule has 4 aromatic carbocycles. The molecular formula is C26H23NO3. The van der Waals surface area contributed by atoms with Crippen LogP contribution in [0.3, 0.4) is 0 Å². The first-order valence-electron chi connectivity index (χ1n) is 9.95. The lowest BCUT2D eigenvalue weighted by Gasteiger charge is -2.11. The van der Waals surface area contributed by atoms with E-state index in [1.54, 1.807) is 0 Å². The maximum absolute atomic E-state index is 12.0. The number of benzene rings is 4. The zero-order chi connectivity index (χ0) is 20.6.